The maximum atomic E-state index is 9.87. The van der Waals surface area contributed by atoms with Crippen LogP contribution in [0.3, 0.4) is 0 Å². The van der Waals surface area contributed by atoms with Gasteiger partial charge in [0.05, 0.1) is 12.6 Å². The zero-order valence-electron chi connectivity index (χ0n) is 9.55. The molecular weight excluding hydrogens is 409 g/mol. The fourth-order valence-electron chi connectivity index (χ4n) is 1.53. The molecule has 0 aliphatic heterocycles. The number of nitrogens with zero attached hydrogens (tertiary/aromatic N) is 2. The first-order chi connectivity index (χ1) is 8.65. The molecule has 0 bridgehead atoms. The second kappa shape index (κ2) is 6.53. The molecule has 0 radical (unpaired) electrons. The molecular formula is C12H13BrIN3O. The maximum Gasteiger partial charge on any atom is 0.0907 e. The molecule has 96 valence electrons. The quantitative estimate of drug-likeness (QED) is 0.730. The maximum absolute atomic E-state index is 9.87. The highest BCUT2D eigenvalue weighted by Gasteiger charge is 2.05. The zero-order valence-corrected chi connectivity index (χ0v) is 13.3. The number of aliphatic hydroxyl groups is 1. The monoisotopic (exact) mass is 421 g/mol. The summed E-state index contributed by atoms with van der Waals surface area (Å²) in [5.74, 6) is 0. The van der Waals surface area contributed by atoms with Crippen molar-refractivity contribution >= 4 is 44.2 Å². The normalized spacial score (nSPS) is 12.4. The van der Waals surface area contributed by atoms with Gasteiger partial charge in [0.2, 0.25) is 0 Å². The van der Waals surface area contributed by atoms with Crippen molar-refractivity contribution in [3.05, 3.63) is 44.7 Å². The van der Waals surface area contributed by atoms with Crippen LogP contribution in [0.2, 0.25) is 0 Å². The van der Waals surface area contributed by atoms with Crippen molar-refractivity contribution in [2.75, 3.05) is 11.9 Å². The number of anilines is 1. The molecule has 0 amide bonds. The standard InChI is InChI=1S/C12H13BrIN3O/c13-11-3-2-9(6-12(11)14)15-7-10(18)8-17-5-1-4-16-17/h1-6,10,15,18H,7-8H2. The summed E-state index contributed by atoms with van der Waals surface area (Å²) >= 11 is 5.71. The van der Waals surface area contributed by atoms with Crippen molar-refractivity contribution in [3.8, 4) is 0 Å². The molecule has 2 rings (SSSR count). The van der Waals surface area contributed by atoms with Crippen LogP contribution >= 0.6 is 38.5 Å². The van der Waals surface area contributed by atoms with E-state index < -0.39 is 6.10 Å². The number of nitrogens with one attached hydrogen (secondary N) is 1. The SMILES string of the molecule is OC(CNc1ccc(Br)c(I)c1)Cn1cccn1. The molecule has 1 aromatic heterocycles. The van der Waals surface area contributed by atoms with Crippen LogP contribution < -0.4 is 5.32 Å². The lowest BCUT2D eigenvalue weighted by Crippen LogP contribution is -2.25. The lowest BCUT2D eigenvalue weighted by Gasteiger charge is -2.13. The average molecular weight is 422 g/mol. The lowest BCUT2D eigenvalue weighted by atomic mass is 10.3. The van der Waals surface area contributed by atoms with Crippen molar-refractivity contribution in [2.24, 2.45) is 0 Å². The number of aromatic nitrogens is 2. The van der Waals surface area contributed by atoms with Crippen LogP contribution in [-0.4, -0.2) is 27.5 Å². The Balaban J connectivity index is 1.85. The molecule has 2 aromatic rings. The van der Waals surface area contributed by atoms with E-state index in [4.69, 9.17) is 0 Å². The molecule has 6 heteroatoms. The Bertz CT molecular complexity index is 504. The van der Waals surface area contributed by atoms with Gasteiger partial charge in [-0.25, -0.2) is 0 Å². The first-order valence-electron chi connectivity index (χ1n) is 5.49. The smallest absolute Gasteiger partial charge is 0.0907 e. The Morgan fingerprint density at radius 3 is 3.00 bits per heavy atom. The fraction of sp³-hybridized carbons (Fsp3) is 0.250. The minimum Gasteiger partial charge on any atom is -0.389 e. The average Bonchev–Trinajstić information content (AvgIpc) is 2.83. The van der Waals surface area contributed by atoms with E-state index in [0.29, 0.717) is 13.1 Å². The van der Waals surface area contributed by atoms with Crippen LogP contribution in [0, 0.1) is 3.57 Å². The van der Waals surface area contributed by atoms with Gasteiger partial charge in [-0.05, 0) is 62.8 Å². The first-order valence-corrected chi connectivity index (χ1v) is 7.37. The van der Waals surface area contributed by atoms with E-state index in [1.54, 1.807) is 10.9 Å². The number of hydrogen-bond donors (Lipinski definition) is 2. The highest BCUT2D eigenvalue weighted by Crippen LogP contribution is 2.22. The van der Waals surface area contributed by atoms with Gasteiger partial charge in [-0.15, -0.1) is 0 Å². The highest BCUT2D eigenvalue weighted by molar-refractivity contribution is 14.1. The van der Waals surface area contributed by atoms with Crippen LogP contribution in [0.1, 0.15) is 0 Å². The second-order valence-electron chi connectivity index (χ2n) is 3.89. The summed E-state index contributed by atoms with van der Waals surface area (Å²) in [4.78, 5) is 0. The summed E-state index contributed by atoms with van der Waals surface area (Å²) in [7, 11) is 0. The Hall–Kier alpha value is -0.600. The fourth-order valence-corrected chi connectivity index (χ4v) is 2.29. The summed E-state index contributed by atoms with van der Waals surface area (Å²) in [5, 5.41) is 17.1. The molecule has 0 aliphatic rings. The second-order valence-corrected chi connectivity index (χ2v) is 5.91. The molecule has 0 saturated heterocycles. The van der Waals surface area contributed by atoms with Gasteiger partial charge in [0.25, 0.3) is 0 Å². The van der Waals surface area contributed by atoms with Gasteiger partial charge in [-0.3, -0.25) is 4.68 Å². The Labute approximate surface area is 128 Å². The summed E-state index contributed by atoms with van der Waals surface area (Å²) in [5.41, 5.74) is 1.00. The van der Waals surface area contributed by atoms with Crippen LogP contribution in [0.25, 0.3) is 0 Å². The van der Waals surface area contributed by atoms with Crippen LogP contribution in [0.4, 0.5) is 5.69 Å². The lowest BCUT2D eigenvalue weighted by molar-refractivity contribution is 0.161. The molecule has 1 aromatic carbocycles. The molecule has 1 heterocycles. The van der Waals surface area contributed by atoms with E-state index in [-0.39, 0.29) is 0 Å². The zero-order chi connectivity index (χ0) is 13.0. The van der Waals surface area contributed by atoms with Crippen molar-refractivity contribution in [2.45, 2.75) is 12.6 Å². The van der Waals surface area contributed by atoms with Gasteiger partial charge < -0.3 is 10.4 Å². The third kappa shape index (κ3) is 3.96. The predicted molar refractivity (Wildman–Crippen MR) is 83.6 cm³/mol. The van der Waals surface area contributed by atoms with Crippen LogP contribution in [0.5, 0.6) is 0 Å². The van der Waals surface area contributed by atoms with E-state index in [0.717, 1.165) is 13.7 Å². The first kappa shape index (κ1) is 13.8. The van der Waals surface area contributed by atoms with Gasteiger partial charge in [0, 0.05) is 32.7 Å². The molecule has 0 spiro atoms. The van der Waals surface area contributed by atoms with Gasteiger partial charge in [0.15, 0.2) is 0 Å². The van der Waals surface area contributed by atoms with Gasteiger partial charge in [-0.1, -0.05) is 0 Å². The van der Waals surface area contributed by atoms with E-state index >= 15 is 0 Å². The number of aliphatic hydroxyl groups excluding tert-OH is 1. The molecule has 2 N–H and O–H groups in total. The van der Waals surface area contributed by atoms with E-state index in [1.807, 2.05) is 30.5 Å². The topological polar surface area (TPSA) is 50.1 Å². The van der Waals surface area contributed by atoms with Crippen molar-refractivity contribution in [1.29, 1.82) is 0 Å². The number of benzene rings is 1. The van der Waals surface area contributed by atoms with Gasteiger partial charge in [-0.2, -0.15) is 5.10 Å². The molecule has 0 saturated carbocycles. The summed E-state index contributed by atoms with van der Waals surface area (Å²) < 4.78 is 3.93. The van der Waals surface area contributed by atoms with E-state index in [2.05, 4.69) is 48.9 Å². The van der Waals surface area contributed by atoms with Gasteiger partial charge in [0.1, 0.15) is 0 Å². The Kier molecular flexibility index (Phi) is 5.02. The molecule has 1 atom stereocenters. The van der Waals surface area contributed by atoms with Crippen molar-refractivity contribution < 1.29 is 5.11 Å². The molecule has 0 fully saturated rings. The van der Waals surface area contributed by atoms with E-state index in [9.17, 15) is 5.11 Å². The summed E-state index contributed by atoms with van der Waals surface area (Å²) in [6, 6.07) is 7.85. The summed E-state index contributed by atoms with van der Waals surface area (Å²) in [6.45, 7) is 0.991. The van der Waals surface area contributed by atoms with Crippen molar-refractivity contribution in [3.63, 3.8) is 0 Å². The Morgan fingerprint density at radius 2 is 2.33 bits per heavy atom. The molecule has 1 unspecified atom stereocenters. The van der Waals surface area contributed by atoms with Gasteiger partial charge >= 0.3 is 0 Å². The molecule has 4 nitrogen and oxygen atoms in total. The minimum absolute atomic E-state index is 0.466. The summed E-state index contributed by atoms with van der Waals surface area (Å²) in [6.07, 6.45) is 3.08. The molecule has 18 heavy (non-hydrogen) atoms. The Morgan fingerprint density at radius 1 is 1.50 bits per heavy atom. The predicted octanol–water partition coefficient (Wildman–Crippen LogP) is 2.72. The number of halogens is 2. The van der Waals surface area contributed by atoms with E-state index in [1.165, 1.54) is 0 Å². The highest BCUT2D eigenvalue weighted by atomic mass is 127. The van der Waals surface area contributed by atoms with Crippen molar-refractivity contribution in [1.82, 2.24) is 9.78 Å². The molecule has 0 aliphatic carbocycles. The van der Waals surface area contributed by atoms with Crippen LogP contribution in [-0.2, 0) is 6.54 Å². The van der Waals surface area contributed by atoms with Crippen LogP contribution in [0.15, 0.2) is 41.1 Å². The number of rotatable bonds is 5. The third-order valence-corrected chi connectivity index (χ3v) is 4.74. The largest absolute Gasteiger partial charge is 0.389 e. The minimum atomic E-state index is -0.466. The third-order valence-electron chi connectivity index (χ3n) is 2.42. The number of hydrogen-bond acceptors (Lipinski definition) is 3.